The van der Waals surface area contributed by atoms with Gasteiger partial charge in [-0.1, -0.05) is 30.3 Å². The van der Waals surface area contributed by atoms with E-state index < -0.39 is 12.5 Å². The smallest absolute Gasteiger partial charge is 0.387 e. The molecule has 0 saturated heterocycles. The Labute approximate surface area is 139 Å². The molecule has 2 aromatic rings. The summed E-state index contributed by atoms with van der Waals surface area (Å²) in [6, 6.07) is 11.8. The Hall–Kier alpha value is -2.63. The number of hydrogen-bond donors (Lipinski definition) is 1. The third-order valence-electron chi connectivity index (χ3n) is 3.65. The number of carbonyl (C=O) groups excluding carboxylic acids is 1. The van der Waals surface area contributed by atoms with Crippen molar-refractivity contribution in [3.8, 4) is 11.5 Å². The lowest BCUT2D eigenvalue weighted by Gasteiger charge is -2.18. The van der Waals surface area contributed by atoms with Crippen molar-refractivity contribution in [2.45, 2.75) is 26.5 Å². The van der Waals surface area contributed by atoms with Crippen LogP contribution < -0.4 is 14.8 Å². The number of ether oxygens (including phenoxy) is 2. The SMILES string of the molecule is COc1cccc(C(=O)NC(C)c2ccccc2C)c1OC(F)F. The summed E-state index contributed by atoms with van der Waals surface area (Å²) >= 11 is 0. The Bertz CT molecular complexity index is 719. The topological polar surface area (TPSA) is 47.6 Å². The number of carbonyl (C=O) groups is 1. The van der Waals surface area contributed by atoms with Gasteiger partial charge in [-0.25, -0.2) is 0 Å². The lowest BCUT2D eigenvalue weighted by atomic mass is 10.0. The van der Waals surface area contributed by atoms with Crippen LogP contribution in [0.1, 0.15) is 34.5 Å². The molecule has 4 nitrogen and oxygen atoms in total. The van der Waals surface area contributed by atoms with E-state index in [0.717, 1.165) is 11.1 Å². The second-order valence-electron chi connectivity index (χ2n) is 5.27. The molecular formula is C18H19F2NO3. The number of halogens is 2. The first-order valence-corrected chi connectivity index (χ1v) is 7.42. The van der Waals surface area contributed by atoms with Gasteiger partial charge in [0.15, 0.2) is 11.5 Å². The summed E-state index contributed by atoms with van der Waals surface area (Å²) in [4.78, 5) is 12.5. The first kappa shape index (κ1) is 17.7. The van der Waals surface area contributed by atoms with Gasteiger partial charge in [0, 0.05) is 0 Å². The normalized spacial score (nSPS) is 11.9. The highest BCUT2D eigenvalue weighted by molar-refractivity contribution is 5.98. The van der Waals surface area contributed by atoms with Crippen molar-refractivity contribution in [3.05, 3.63) is 59.2 Å². The van der Waals surface area contributed by atoms with E-state index in [2.05, 4.69) is 10.1 Å². The van der Waals surface area contributed by atoms with Crippen molar-refractivity contribution < 1.29 is 23.0 Å². The number of amides is 1. The second kappa shape index (κ2) is 7.77. The third kappa shape index (κ3) is 4.01. The van der Waals surface area contributed by atoms with Gasteiger partial charge in [0.2, 0.25) is 0 Å². The molecule has 1 atom stereocenters. The van der Waals surface area contributed by atoms with Gasteiger partial charge in [0.05, 0.1) is 18.7 Å². The summed E-state index contributed by atoms with van der Waals surface area (Å²) in [5.74, 6) is -0.712. The fourth-order valence-corrected chi connectivity index (χ4v) is 2.49. The number of methoxy groups -OCH3 is 1. The number of para-hydroxylation sites is 1. The first-order chi connectivity index (χ1) is 11.4. The Morgan fingerprint density at radius 2 is 1.83 bits per heavy atom. The molecule has 2 rings (SSSR count). The maximum atomic E-state index is 12.7. The molecular weight excluding hydrogens is 316 g/mol. The van der Waals surface area contributed by atoms with Crippen molar-refractivity contribution >= 4 is 5.91 Å². The lowest BCUT2D eigenvalue weighted by Crippen LogP contribution is -2.28. The van der Waals surface area contributed by atoms with Crippen LogP contribution in [0.15, 0.2) is 42.5 Å². The molecule has 6 heteroatoms. The molecule has 0 aliphatic carbocycles. The van der Waals surface area contributed by atoms with Crippen LogP contribution >= 0.6 is 0 Å². The molecule has 0 fully saturated rings. The van der Waals surface area contributed by atoms with Crippen molar-refractivity contribution in [3.63, 3.8) is 0 Å². The molecule has 0 radical (unpaired) electrons. The fraction of sp³-hybridized carbons (Fsp3) is 0.278. The minimum Gasteiger partial charge on any atom is -0.493 e. The molecule has 0 aromatic heterocycles. The van der Waals surface area contributed by atoms with E-state index in [1.54, 1.807) is 6.07 Å². The van der Waals surface area contributed by atoms with Crippen LogP contribution in [-0.2, 0) is 0 Å². The van der Waals surface area contributed by atoms with Crippen LogP contribution in [0.4, 0.5) is 8.78 Å². The van der Waals surface area contributed by atoms with Crippen LogP contribution in [0, 0.1) is 6.92 Å². The molecule has 2 aromatic carbocycles. The van der Waals surface area contributed by atoms with Gasteiger partial charge in [-0.2, -0.15) is 8.78 Å². The molecule has 0 heterocycles. The maximum Gasteiger partial charge on any atom is 0.387 e. The van der Waals surface area contributed by atoms with Gasteiger partial charge in [-0.05, 0) is 37.1 Å². The van der Waals surface area contributed by atoms with Crippen LogP contribution in [0.25, 0.3) is 0 Å². The molecule has 0 saturated carbocycles. The Balaban J connectivity index is 2.28. The fourth-order valence-electron chi connectivity index (χ4n) is 2.49. The zero-order valence-corrected chi connectivity index (χ0v) is 13.7. The summed E-state index contributed by atoms with van der Waals surface area (Å²) in [5.41, 5.74) is 1.97. The lowest BCUT2D eigenvalue weighted by molar-refractivity contribution is -0.0515. The van der Waals surface area contributed by atoms with Gasteiger partial charge in [-0.15, -0.1) is 0 Å². The summed E-state index contributed by atoms with van der Waals surface area (Å²) in [7, 11) is 1.32. The number of rotatable bonds is 6. The summed E-state index contributed by atoms with van der Waals surface area (Å²) < 4.78 is 34.8. The van der Waals surface area contributed by atoms with Crippen LogP contribution in [0.2, 0.25) is 0 Å². The van der Waals surface area contributed by atoms with E-state index in [1.807, 2.05) is 38.1 Å². The zero-order chi connectivity index (χ0) is 17.7. The predicted molar refractivity (Wildman–Crippen MR) is 86.7 cm³/mol. The largest absolute Gasteiger partial charge is 0.493 e. The third-order valence-corrected chi connectivity index (χ3v) is 3.65. The highest BCUT2D eigenvalue weighted by Crippen LogP contribution is 2.32. The zero-order valence-electron chi connectivity index (χ0n) is 13.7. The number of alkyl halides is 2. The van der Waals surface area contributed by atoms with Gasteiger partial charge < -0.3 is 14.8 Å². The Kier molecular flexibility index (Phi) is 5.73. The van der Waals surface area contributed by atoms with Gasteiger partial charge in [0.1, 0.15) is 0 Å². The molecule has 1 N–H and O–H groups in total. The Morgan fingerprint density at radius 1 is 1.12 bits per heavy atom. The highest BCUT2D eigenvalue weighted by atomic mass is 19.3. The van der Waals surface area contributed by atoms with E-state index >= 15 is 0 Å². The standard InChI is InChI=1S/C18H19F2NO3/c1-11-7-4-5-8-13(11)12(2)21-17(22)14-9-6-10-15(23-3)16(14)24-18(19)20/h4-10,12,18H,1-3H3,(H,21,22). The molecule has 0 aliphatic heterocycles. The molecule has 0 spiro atoms. The van der Waals surface area contributed by atoms with Crippen molar-refractivity contribution in [1.29, 1.82) is 0 Å². The highest BCUT2D eigenvalue weighted by Gasteiger charge is 2.22. The van der Waals surface area contributed by atoms with Crippen molar-refractivity contribution in [1.82, 2.24) is 5.32 Å². The van der Waals surface area contributed by atoms with Crippen molar-refractivity contribution in [2.75, 3.05) is 7.11 Å². The molecule has 128 valence electrons. The van der Waals surface area contributed by atoms with Gasteiger partial charge >= 0.3 is 6.61 Å². The number of benzene rings is 2. The Morgan fingerprint density at radius 3 is 2.46 bits per heavy atom. The average molecular weight is 335 g/mol. The van der Waals surface area contributed by atoms with E-state index in [-0.39, 0.29) is 23.1 Å². The van der Waals surface area contributed by atoms with Crippen LogP contribution in [0.5, 0.6) is 11.5 Å². The van der Waals surface area contributed by atoms with Gasteiger partial charge in [-0.3, -0.25) is 4.79 Å². The van der Waals surface area contributed by atoms with Crippen LogP contribution in [0.3, 0.4) is 0 Å². The van der Waals surface area contributed by atoms with Crippen LogP contribution in [-0.4, -0.2) is 19.6 Å². The number of nitrogens with one attached hydrogen (secondary N) is 1. The second-order valence-corrected chi connectivity index (χ2v) is 5.27. The van der Waals surface area contributed by atoms with E-state index in [4.69, 9.17) is 4.74 Å². The molecule has 0 bridgehead atoms. The summed E-state index contributed by atoms with van der Waals surface area (Å²) in [6.45, 7) is 0.713. The summed E-state index contributed by atoms with van der Waals surface area (Å²) in [6.07, 6.45) is 0. The quantitative estimate of drug-likeness (QED) is 0.865. The minimum absolute atomic E-state index is 0.00455. The minimum atomic E-state index is -3.05. The van der Waals surface area contributed by atoms with E-state index in [0.29, 0.717) is 0 Å². The monoisotopic (exact) mass is 335 g/mol. The predicted octanol–water partition coefficient (Wildman–Crippen LogP) is 4.10. The van der Waals surface area contributed by atoms with Crippen molar-refractivity contribution in [2.24, 2.45) is 0 Å². The number of aryl methyl sites for hydroxylation is 1. The molecule has 24 heavy (non-hydrogen) atoms. The average Bonchev–Trinajstić information content (AvgIpc) is 2.54. The molecule has 0 aliphatic rings. The van der Waals surface area contributed by atoms with E-state index in [9.17, 15) is 13.6 Å². The first-order valence-electron chi connectivity index (χ1n) is 7.42. The molecule has 1 amide bonds. The summed E-state index contributed by atoms with van der Waals surface area (Å²) in [5, 5.41) is 2.80. The number of hydrogen-bond acceptors (Lipinski definition) is 3. The molecule has 1 unspecified atom stereocenters. The van der Waals surface area contributed by atoms with E-state index in [1.165, 1.54) is 19.2 Å². The van der Waals surface area contributed by atoms with Gasteiger partial charge in [0.25, 0.3) is 5.91 Å². The maximum absolute atomic E-state index is 12.7.